The van der Waals surface area contributed by atoms with Crippen LogP contribution in [0.5, 0.6) is 11.5 Å². The summed E-state index contributed by atoms with van der Waals surface area (Å²) in [6, 6.07) is 4.60. The van der Waals surface area contributed by atoms with Gasteiger partial charge in [-0.25, -0.2) is 4.79 Å². The summed E-state index contributed by atoms with van der Waals surface area (Å²) in [5.41, 5.74) is 0.917. The van der Waals surface area contributed by atoms with Gasteiger partial charge in [0, 0.05) is 29.9 Å². The summed E-state index contributed by atoms with van der Waals surface area (Å²) in [5.74, 6) is -0.243. The lowest BCUT2D eigenvalue weighted by molar-refractivity contribution is -0.145. The van der Waals surface area contributed by atoms with Gasteiger partial charge in [-0.1, -0.05) is 0 Å². The van der Waals surface area contributed by atoms with Crippen molar-refractivity contribution in [1.29, 1.82) is 0 Å². The van der Waals surface area contributed by atoms with Crippen LogP contribution in [-0.2, 0) is 14.3 Å². The third kappa shape index (κ3) is 3.93. The number of aliphatic carboxylic acids is 1. The molecule has 2 fully saturated rings. The molecule has 1 heterocycles. The van der Waals surface area contributed by atoms with Crippen molar-refractivity contribution in [2.24, 2.45) is 11.8 Å². The van der Waals surface area contributed by atoms with Crippen LogP contribution in [0.1, 0.15) is 30.7 Å². The lowest BCUT2D eigenvalue weighted by atomic mass is 9.93. The molecule has 0 aromatic heterocycles. The Kier molecular flexibility index (Phi) is 5.66. The highest BCUT2D eigenvalue weighted by molar-refractivity contribution is 5.88. The molecule has 0 radical (unpaired) electrons. The first-order chi connectivity index (χ1) is 12.5. The van der Waals surface area contributed by atoms with Gasteiger partial charge in [0.1, 0.15) is 17.5 Å². The number of carboxylic acid groups (broad SMARTS) is 1. The van der Waals surface area contributed by atoms with Crippen LogP contribution in [0.2, 0.25) is 0 Å². The van der Waals surface area contributed by atoms with E-state index in [9.17, 15) is 14.7 Å². The molecule has 1 aromatic carbocycles. The summed E-state index contributed by atoms with van der Waals surface area (Å²) in [7, 11) is 3.18. The number of carbonyl (C=O) groups is 2. The first-order valence-electron chi connectivity index (χ1n) is 8.88. The number of amides is 1. The molecule has 26 heavy (non-hydrogen) atoms. The molecule has 1 aromatic rings. The Bertz CT molecular complexity index is 670. The normalized spacial score (nSPS) is 25.8. The third-order valence-corrected chi connectivity index (χ3v) is 5.19. The standard InChI is InChI=1S/C19H25NO6/c1-24-12-5-6-16(25-2)14(8-12)13-9-15(13)18(21)20-17(19(22)23)11-4-3-7-26-10-11/h5-6,8,11,13,15,17H,3-4,7,9-10H2,1-2H3,(H,20,21)(H,22,23). The van der Waals surface area contributed by atoms with Gasteiger partial charge >= 0.3 is 5.97 Å². The fourth-order valence-electron chi connectivity index (χ4n) is 3.63. The van der Waals surface area contributed by atoms with Gasteiger partial charge in [0.15, 0.2) is 0 Å². The van der Waals surface area contributed by atoms with Gasteiger partial charge in [-0.3, -0.25) is 4.79 Å². The highest BCUT2D eigenvalue weighted by Gasteiger charge is 2.47. The maximum absolute atomic E-state index is 12.6. The van der Waals surface area contributed by atoms with E-state index in [1.165, 1.54) is 0 Å². The molecule has 2 N–H and O–H groups in total. The highest BCUT2D eigenvalue weighted by atomic mass is 16.5. The summed E-state index contributed by atoms with van der Waals surface area (Å²) in [4.78, 5) is 24.2. The Morgan fingerprint density at radius 2 is 2.12 bits per heavy atom. The summed E-state index contributed by atoms with van der Waals surface area (Å²) in [6.45, 7) is 1.02. The van der Waals surface area contributed by atoms with Crippen LogP contribution in [0.3, 0.4) is 0 Å². The van der Waals surface area contributed by atoms with Crippen LogP contribution in [-0.4, -0.2) is 50.5 Å². The summed E-state index contributed by atoms with van der Waals surface area (Å²) in [5, 5.41) is 12.2. The van der Waals surface area contributed by atoms with Crippen LogP contribution in [0.25, 0.3) is 0 Å². The first-order valence-corrected chi connectivity index (χ1v) is 8.88. The zero-order valence-electron chi connectivity index (χ0n) is 15.1. The molecule has 1 aliphatic heterocycles. The van der Waals surface area contributed by atoms with Crippen molar-refractivity contribution in [1.82, 2.24) is 5.32 Å². The fourth-order valence-corrected chi connectivity index (χ4v) is 3.63. The van der Waals surface area contributed by atoms with Crippen molar-refractivity contribution < 1.29 is 28.9 Å². The van der Waals surface area contributed by atoms with Gasteiger partial charge < -0.3 is 24.6 Å². The van der Waals surface area contributed by atoms with Crippen LogP contribution in [0, 0.1) is 11.8 Å². The molecule has 3 rings (SSSR count). The van der Waals surface area contributed by atoms with Crippen molar-refractivity contribution in [3.05, 3.63) is 23.8 Å². The van der Waals surface area contributed by atoms with Crippen molar-refractivity contribution in [3.8, 4) is 11.5 Å². The number of nitrogens with one attached hydrogen (secondary N) is 1. The average Bonchev–Trinajstić information content (AvgIpc) is 3.46. The molecule has 4 unspecified atom stereocenters. The van der Waals surface area contributed by atoms with Gasteiger partial charge in [-0.15, -0.1) is 0 Å². The van der Waals surface area contributed by atoms with Crippen LogP contribution in [0.4, 0.5) is 0 Å². The van der Waals surface area contributed by atoms with Crippen LogP contribution >= 0.6 is 0 Å². The Morgan fingerprint density at radius 1 is 1.31 bits per heavy atom. The minimum absolute atomic E-state index is 0.0112. The van der Waals surface area contributed by atoms with Crippen molar-refractivity contribution in [2.75, 3.05) is 27.4 Å². The van der Waals surface area contributed by atoms with E-state index in [4.69, 9.17) is 14.2 Å². The molecule has 1 aliphatic carbocycles. The number of methoxy groups -OCH3 is 2. The predicted octanol–water partition coefficient (Wildman–Crippen LogP) is 1.80. The number of ether oxygens (including phenoxy) is 3. The lowest BCUT2D eigenvalue weighted by Crippen LogP contribution is -2.49. The van der Waals surface area contributed by atoms with Crippen LogP contribution in [0.15, 0.2) is 18.2 Å². The number of benzene rings is 1. The molecular weight excluding hydrogens is 338 g/mol. The van der Waals surface area contributed by atoms with E-state index in [0.29, 0.717) is 31.1 Å². The van der Waals surface area contributed by atoms with Crippen molar-refractivity contribution in [2.45, 2.75) is 31.2 Å². The van der Waals surface area contributed by atoms with E-state index in [-0.39, 0.29) is 23.7 Å². The molecule has 1 saturated heterocycles. The number of hydrogen-bond donors (Lipinski definition) is 2. The zero-order valence-corrected chi connectivity index (χ0v) is 15.1. The Morgan fingerprint density at radius 3 is 2.73 bits per heavy atom. The predicted molar refractivity (Wildman–Crippen MR) is 93.5 cm³/mol. The zero-order chi connectivity index (χ0) is 18.7. The molecule has 1 saturated carbocycles. The Balaban J connectivity index is 1.67. The molecule has 0 bridgehead atoms. The van der Waals surface area contributed by atoms with E-state index >= 15 is 0 Å². The Hall–Kier alpha value is -2.28. The van der Waals surface area contributed by atoms with E-state index < -0.39 is 12.0 Å². The second-order valence-corrected chi connectivity index (χ2v) is 6.86. The average molecular weight is 363 g/mol. The van der Waals surface area contributed by atoms with Gasteiger partial charge in [0.25, 0.3) is 0 Å². The number of rotatable bonds is 7. The van der Waals surface area contributed by atoms with E-state index in [2.05, 4.69) is 5.32 Å². The second kappa shape index (κ2) is 7.95. The number of hydrogen-bond acceptors (Lipinski definition) is 5. The lowest BCUT2D eigenvalue weighted by Gasteiger charge is -2.28. The summed E-state index contributed by atoms with van der Waals surface area (Å²) in [6.07, 6.45) is 2.23. The van der Waals surface area contributed by atoms with Gasteiger partial charge in [-0.2, -0.15) is 0 Å². The van der Waals surface area contributed by atoms with Crippen molar-refractivity contribution in [3.63, 3.8) is 0 Å². The van der Waals surface area contributed by atoms with E-state index in [1.807, 2.05) is 18.2 Å². The quantitative estimate of drug-likeness (QED) is 0.767. The molecular formula is C19H25NO6. The minimum atomic E-state index is -1.01. The fraction of sp³-hybridized carbons (Fsp3) is 0.579. The van der Waals surface area contributed by atoms with E-state index in [0.717, 1.165) is 18.4 Å². The maximum atomic E-state index is 12.6. The van der Waals surface area contributed by atoms with E-state index in [1.54, 1.807) is 14.2 Å². The van der Waals surface area contributed by atoms with Gasteiger partial charge in [0.2, 0.25) is 5.91 Å². The molecule has 1 amide bonds. The van der Waals surface area contributed by atoms with Crippen molar-refractivity contribution >= 4 is 11.9 Å². The molecule has 7 heteroatoms. The number of carboxylic acids is 1. The SMILES string of the molecule is COc1ccc(OC)c(C2CC2C(=O)NC(C(=O)O)C2CCCOC2)c1. The van der Waals surface area contributed by atoms with Gasteiger partial charge in [-0.05, 0) is 37.5 Å². The molecule has 4 atom stereocenters. The smallest absolute Gasteiger partial charge is 0.326 e. The third-order valence-electron chi connectivity index (χ3n) is 5.19. The minimum Gasteiger partial charge on any atom is -0.497 e. The first kappa shape index (κ1) is 18.5. The summed E-state index contributed by atoms with van der Waals surface area (Å²) >= 11 is 0. The molecule has 142 valence electrons. The summed E-state index contributed by atoms with van der Waals surface area (Å²) < 4.78 is 16.0. The Labute approximate surface area is 152 Å². The van der Waals surface area contributed by atoms with Crippen LogP contribution < -0.4 is 14.8 Å². The largest absolute Gasteiger partial charge is 0.497 e. The second-order valence-electron chi connectivity index (χ2n) is 6.86. The maximum Gasteiger partial charge on any atom is 0.326 e. The highest BCUT2D eigenvalue weighted by Crippen LogP contribution is 2.51. The molecule has 0 spiro atoms. The number of carbonyl (C=O) groups excluding carboxylic acids is 1. The topological polar surface area (TPSA) is 94.1 Å². The molecule has 7 nitrogen and oxygen atoms in total. The molecule has 2 aliphatic rings. The monoisotopic (exact) mass is 363 g/mol. The van der Waals surface area contributed by atoms with Gasteiger partial charge in [0.05, 0.1) is 20.8 Å².